The van der Waals surface area contributed by atoms with Gasteiger partial charge in [0.2, 0.25) is 11.6 Å². The summed E-state index contributed by atoms with van der Waals surface area (Å²) in [6.45, 7) is 1.45. The highest BCUT2D eigenvalue weighted by Crippen LogP contribution is 2.41. The lowest BCUT2D eigenvalue weighted by Gasteiger charge is -2.50. The molecule has 2 unspecified atom stereocenters. The number of rotatable bonds is 12. The zero-order valence-electron chi connectivity index (χ0n) is 22.1. The lowest BCUT2D eigenvalue weighted by atomic mass is 10.0. The molecule has 4 heterocycles. The fourth-order valence-corrected chi connectivity index (χ4v) is 6.95. The number of oxime groups is 1. The van der Waals surface area contributed by atoms with Crippen LogP contribution in [0.5, 0.6) is 0 Å². The summed E-state index contributed by atoms with van der Waals surface area (Å²) in [5, 5.41) is 31.5. The average molecular weight is 639 g/mol. The van der Waals surface area contributed by atoms with Gasteiger partial charge in [0.1, 0.15) is 23.2 Å². The van der Waals surface area contributed by atoms with Crippen LogP contribution in [-0.2, 0) is 24.0 Å². The van der Waals surface area contributed by atoms with E-state index >= 15 is 0 Å². The van der Waals surface area contributed by atoms with Crippen molar-refractivity contribution in [2.75, 3.05) is 41.2 Å². The molecule has 2 aromatic heterocycles. The number of nitrogens with one attached hydrogen (secondary N) is 2. The number of thioether (sulfide) groups is 2. The predicted molar refractivity (Wildman–Crippen MR) is 152 cm³/mol. The van der Waals surface area contributed by atoms with Gasteiger partial charge < -0.3 is 41.9 Å². The summed E-state index contributed by atoms with van der Waals surface area (Å²) in [7, 11) is 1.65. The molecule has 1 fully saturated rings. The van der Waals surface area contributed by atoms with E-state index in [4.69, 9.17) is 27.3 Å². The van der Waals surface area contributed by atoms with Gasteiger partial charge in [-0.05, 0) is 24.3 Å². The predicted octanol–water partition coefficient (Wildman–Crippen LogP) is -2.47. The number of anilines is 3. The zero-order chi connectivity index (χ0) is 30.7. The van der Waals surface area contributed by atoms with E-state index in [0.717, 1.165) is 28.0 Å². The quantitative estimate of drug-likeness (QED) is 0.0267. The summed E-state index contributed by atoms with van der Waals surface area (Å²) in [6, 6.07) is 0.440. The molecule has 0 bridgehead atoms. The number of hydrogen-bond donors (Lipinski definition) is 6. The topological polar surface area (TPSA) is 268 Å². The number of carbonyl (C=O) groups is 4. The number of β-lactam (4-membered cyclic amide) rings is 1. The van der Waals surface area contributed by atoms with Crippen LogP contribution in [0.4, 0.5) is 16.8 Å². The highest BCUT2D eigenvalue weighted by molar-refractivity contribution is 8.01. The van der Waals surface area contributed by atoms with E-state index < -0.39 is 41.3 Å². The first-order valence-electron chi connectivity index (χ1n) is 12.0. The van der Waals surface area contributed by atoms with Crippen LogP contribution in [-0.4, -0.2) is 85.5 Å². The Morgan fingerprint density at radius 3 is 2.74 bits per heavy atom. The van der Waals surface area contributed by atoms with Crippen LogP contribution in [0.2, 0.25) is 0 Å². The van der Waals surface area contributed by atoms with E-state index in [-0.39, 0.29) is 46.0 Å². The molecule has 0 aromatic carbocycles. The van der Waals surface area contributed by atoms with E-state index in [1.807, 2.05) is 0 Å². The molecule has 3 atom stereocenters. The van der Waals surface area contributed by atoms with Crippen LogP contribution < -0.4 is 37.7 Å². The highest BCUT2D eigenvalue weighted by Gasteiger charge is 2.53. The number of fused-ring (bicyclic) bond motifs is 1. The first kappa shape index (κ1) is 30.7. The lowest BCUT2D eigenvalue weighted by Crippen LogP contribution is -2.71. The van der Waals surface area contributed by atoms with Gasteiger partial charge in [-0.3, -0.25) is 25.1 Å². The van der Waals surface area contributed by atoms with Crippen molar-refractivity contribution in [1.82, 2.24) is 20.2 Å². The van der Waals surface area contributed by atoms with Gasteiger partial charge in [0.05, 0.1) is 24.2 Å². The number of nitrogens with two attached hydrogens (primary N) is 3. The van der Waals surface area contributed by atoms with Crippen molar-refractivity contribution >= 4 is 81.1 Å². The number of hydrogen-bond acceptors (Lipinski definition) is 16. The molecule has 224 valence electrons. The van der Waals surface area contributed by atoms with E-state index in [0.29, 0.717) is 16.5 Å². The molecule has 4 rings (SSSR count). The van der Waals surface area contributed by atoms with Crippen molar-refractivity contribution in [3.63, 3.8) is 0 Å². The van der Waals surface area contributed by atoms with Gasteiger partial charge in [-0.2, -0.15) is 0 Å². The molecule has 2 aromatic rings. The summed E-state index contributed by atoms with van der Waals surface area (Å²) in [6.07, 6.45) is -1.25. The third kappa shape index (κ3) is 6.44. The number of nitrogen functional groups attached to an aromatic ring is 3. The Morgan fingerprint density at radius 1 is 1.38 bits per heavy atom. The minimum atomic E-state index is -1.55. The van der Waals surface area contributed by atoms with Gasteiger partial charge in [0.15, 0.2) is 10.8 Å². The second-order valence-corrected chi connectivity index (χ2v) is 11.8. The van der Waals surface area contributed by atoms with E-state index in [1.54, 1.807) is 7.05 Å². The number of nitrogens with zero attached hydrogens (tertiary/aromatic N) is 5. The molecule has 2 aliphatic heterocycles. The Morgan fingerprint density at radius 2 is 2.12 bits per heavy atom. The Kier molecular flexibility index (Phi) is 9.27. The number of thiazole rings is 1. The van der Waals surface area contributed by atoms with Crippen LogP contribution in [0.15, 0.2) is 33.0 Å². The van der Waals surface area contributed by atoms with Gasteiger partial charge in [0.25, 0.3) is 11.8 Å². The number of carbonyl (C=O) groups excluding carboxylic acids is 3. The summed E-state index contributed by atoms with van der Waals surface area (Å²) in [5.74, 6) is 2.88. The monoisotopic (exact) mass is 638 g/mol. The maximum Gasteiger partial charge on any atom is 0.322 e. The summed E-state index contributed by atoms with van der Waals surface area (Å²) in [5.41, 5.74) is 11.3. The number of carboxylic acids is 2. The summed E-state index contributed by atoms with van der Waals surface area (Å²) >= 11 is 3.41. The second-order valence-electron chi connectivity index (χ2n) is 8.88. The summed E-state index contributed by atoms with van der Waals surface area (Å²) < 4.78 is 1.26. The molecule has 2 amide bonds. The molecule has 0 radical (unpaired) electrons. The van der Waals surface area contributed by atoms with E-state index in [9.17, 15) is 24.3 Å². The largest absolute Gasteiger partial charge is 0.543 e. The maximum absolute atomic E-state index is 13.2. The molecule has 17 nitrogen and oxygen atoms in total. The first-order valence-corrected chi connectivity index (χ1v) is 15.0. The fraction of sp³-hybridized carbons (Fsp3) is 0.364. The Hall–Kier alpha value is -4.30. The number of carboxylic acid groups (broad SMARTS) is 2. The van der Waals surface area contributed by atoms with Crippen LogP contribution in [0.25, 0.3) is 0 Å². The minimum absolute atomic E-state index is 0.0563. The molecule has 9 N–H and O–H groups in total. The molecular formula is C22H26N10O7S3. The van der Waals surface area contributed by atoms with Crippen LogP contribution in [0, 0.1) is 0 Å². The van der Waals surface area contributed by atoms with Crippen molar-refractivity contribution in [2.24, 2.45) is 5.16 Å². The van der Waals surface area contributed by atoms with Gasteiger partial charge in [-0.25, -0.2) is 4.98 Å². The molecular weight excluding hydrogens is 613 g/mol. The molecule has 20 heteroatoms. The van der Waals surface area contributed by atoms with Crippen molar-refractivity contribution in [1.29, 1.82) is 0 Å². The number of aromatic nitrogens is 3. The van der Waals surface area contributed by atoms with Crippen LogP contribution in [0.1, 0.15) is 19.0 Å². The third-order valence-electron chi connectivity index (χ3n) is 5.90. The average Bonchev–Trinajstić information content (AvgIpc) is 3.36. The van der Waals surface area contributed by atoms with Crippen molar-refractivity contribution in [3.8, 4) is 0 Å². The highest BCUT2D eigenvalue weighted by atomic mass is 32.2. The molecule has 0 spiro atoms. The molecule has 0 aliphatic carbocycles. The minimum Gasteiger partial charge on any atom is -0.543 e. The van der Waals surface area contributed by atoms with Crippen LogP contribution >= 0.6 is 34.9 Å². The lowest BCUT2D eigenvalue weighted by molar-refractivity contribution is -0.667. The first-order chi connectivity index (χ1) is 19.9. The Labute approximate surface area is 250 Å². The van der Waals surface area contributed by atoms with Crippen molar-refractivity contribution in [3.05, 3.63) is 28.4 Å². The molecule has 0 saturated carbocycles. The summed E-state index contributed by atoms with van der Waals surface area (Å²) in [4.78, 5) is 63.8. The van der Waals surface area contributed by atoms with Gasteiger partial charge in [-0.15, -0.1) is 27.8 Å². The van der Waals surface area contributed by atoms with Crippen LogP contribution in [0.3, 0.4) is 0 Å². The van der Waals surface area contributed by atoms with Gasteiger partial charge in [0, 0.05) is 23.9 Å². The Balaban J connectivity index is 1.51. The maximum atomic E-state index is 13.2. The van der Waals surface area contributed by atoms with Gasteiger partial charge in [-0.1, -0.05) is 10.1 Å². The standard InChI is InChI=1S/C22H26N10O7S3/c1-8(3-13(33)34)39-30-14(10-7-41-21(24)27-10)17(35)29-15-18(36)31-16(20(37)38)9(5-40-19(15)31)6-42-22-28-11(23)4-12(26-2)32(22)25/h4,7-8,15,19H,3,5-6,25H2,1-2H3,(H7,23,24,26,27,29,33,34,35,37,38)/b30-14-/t8?,15?,19-/m1/s1. The smallest absolute Gasteiger partial charge is 0.322 e. The second kappa shape index (κ2) is 12.7. The van der Waals surface area contributed by atoms with Crippen molar-refractivity contribution in [2.45, 2.75) is 36.0 Å². The molecule has 1 saturated heterocycles. The van der Waals surface area contributed by atoms with Gasteiger partial charge >= 0.3 is 11.1 Å². The SMILES string of the molecule is CNc1cc(N)nc(SCC2=C(C(=O)[O-])N3C(=O)C(NC(=O)/C(=N\OC(C)CC(=O)O)c4csc(N)n4)[C@H]3SC2)[n+]1N. The number of amides is 2. The molecule has 42 heavy (non-hydrogen) atoms. The number of aliphatic carboxylic acids is 2. The van der Waals surface area contributed by atoms with E-state index in [2.05, 4.69) is 25.8 Å². The third-order valence-corrected chi connectivity index (χ3v) is 8.95. The zero-order valence-corrected chi connectivity index (χ0v) is 24.5. The fourth-order valence-electron chi connectivity index (χ4n) is 3.97. The molecule has 2 aliphatic rings. The Bertz CT molecular complexity index is 1500. The van der Waals surface area contributed by atoms with E-state index in [1.165, 1.54) is 34.8 Å². The van der Waals surface area contributed by atoms with Crippen molar-refractivity contribution < 1.29 is 38.9 Å². The normalized spacial score (nSPS) is 19.0.